The summed E-state index contributed by atoms with van der Waals surface area (Å²) in [6.07, 6.45) is 7.77. The lowest BCUT2D eigenvalue weighted by molar-refractivity contribution is -0.134. The van der Waals surface area contributed by atoms with Gasteiger partial charge in [-0.15, -0.1) is 0 Å². The Labute approximate surface area is 124 Å². The lowest BCUT2D eigenvalue weighted by Gasteiger charge is -2.45. The van der Waals surface area contributed by atoms with Gasteiger partial charge in [0, 0.05) is 23.6 Å². The maximum atomic E-state index is 12.7. The van der Waals surface area contributed by atoms with Crippen LogP contribution >= 0.6 is 11.8 Å². The van der Waals surface area contributed by atoms with Crippen molar-refractivity contribution in [1.82, 2.24) is 10.2 Å². The molecule has 0 atom stereocenters. The SMILES string of the molecule is NC(=O)NC1(C(=O)N2CCSC3(CCCCC3)C2)CC1. The Morgan fingerprint density at radius 2 is 1.80 bits per heavy atom. The van der Waals surface area contributed by atoms with Gasteiger partial charge in [-0.25, -0.2) is 4.79 Å². The second kappa shape index (κ2) is 5.13. The van der Waals surface area contributed by atoms with Gasteiger partial charge in [0.25, 0.3) is 0 Å². The Hall–Kier alpha value is -0.910. The van der Waals surface area contributed by atoms with Crippen LogP contribution in [0.15, 0.2) is 0 Å². The molecule has 6 heteroatoms. The Kier molecular flexibility index (Phi) is 3.60. The smallest absolute Gasteiger partial charge is 0.313 e. The number of nitrogens with zero attached hydrogens (tertiary/aromatic N) is 1. The molecule has 1 spiro atoms. The first kappa shape index (κ1) is 14.0. The number of urea groups is 1. The van der Waals surface area contributed by atoms with Crippen molar-refractivity contribution in [2.24, 2.45) is 5.73 Å². The molecule has 0 bridgehead atoms. The van der Waals surface area contributed by atoms with Gasteiger partial charge in [-0.2, -0.15) is 11.8 Å². The van der Waals surface area contributed by atoms with Gasteiger partial charge in [0.15, 0.2) is 0 Å². The number of carbonyl (C=O) groups is 2. The van der Waals surface area contributed by atoms with Crippen LogP contribution < -0.4 is 11.1 Å². The zero-order chi connectivity index (χ0) is 14.2. The number of hydrogen-bond donors (Lipinski definition) is 2. The summed E-state index contributed by atoms with van der Waals surface area (Å²) in [5.74, 6) is 1.10. The van der Waals surface area contributed by atoms with E-state index in [1.54, 1.807) is 0 Å². The summed E-state index contributed by atoms with van der Waals surface area (Å²) in [4.78, 5) is 25.7. The highest BCUT2D eigenvalue weighted by Gasteiger charge is 2.54. The van der Waals surface area contributed by atoms with E-state index in [0.29, 0.717) is 0 Å². The zero-order valence-corrected chi connectivity index (χ0v) is 12.6. The van der Waals surface area contributed by atoms with E-state index in [2.05, 4.69) is 5.32 Å². The van der Waals surface area contributed by atoms with E-state index >= 15 is 0 Å². The van der Waals surface area contributed by atoms with Crippen molar-refractivity contribution < 1.29 is 9.59 Å². The number of amides is 3. The molecular weight excluding hydrogens is 274 g/mol. The largest absolute Gasteiger partial charge is 0.352 e. The van der Waals surface area contributed by atoms with E-state index in [1.807, 2.05) is 16.7 Å². The van der Waals surface area contributed by atoms with Crippen LogP contribution in [0.25, 0.3) is 0 Å². The van der Waals surface area contributed by atoms with Crippen LogP contribution in [0.1, 0.15) is 44.9 Å². The fourth-order valence-electron chi connectivity index (χ4n) is 3.57. The van der Waals surface area contributed by atoms with Crippen LogP contribution in [0.2, 0.25) is 0 Å². The normalized spacial score (nSPS) is 27.1. The van der Waals surface area contributed by atoms with Crippen molar-refractivity contribution in [3.8, 4) is 0 Å². The van der Waals surface area contributed by atoms with Crippen LogP contribution in [-0.4, -0.2) is 46.0 Å². The lowest BCUT2D eigenvalue weighted by Crippen LogP contribution is -2.57. The van der Waals surface area contributed by atoms with Crippen LogP contribution in [0.5, 0.6) is 0 Å². The minimum Gasteiger partial charge on any atom is -0.352 e. The third-order valence-electron chi connectivity index (χ3n) is 4.82. The minimum absolute atomic E-state index is 0.0848. The maximum Gasteiger partial charge on any atom is 0.313 e. The summed E-state index contributed by atoms with van der Waals surface area (Å²) >= 11 is 2.05. The summed E-state index contributed by atoms with van der Waals surface area (Å²) in [5.41, 5.74) is 4.52. The van der Waals surface area contributed by atoms with Crippen molar-refractivity contribution >= 4 is 23.7 Å². The van der Waals surface area contributed by atoms with Crippen LogP contribution in [0.4, 0.5) is 4.79 Å². The van der Waals surface area contributed by atoms with Gasteiger partial charge in [0.1, 0.15) is 5.54 Å². The van der Waals surface area contributed by atoms with Gasteiger partial charge < -0.3 is 16.0 Å². The van der Waals surface area contributed by atoms with Gasteiger partial charge >= 0.3 is 6.03 Å². The molecule has 3 fully saturated rings. The average Bonchev–Trinajstić information content (AvgIpc) is 3.19. The minimum atomic E-state index is -0.677. The van der Waals surface area contributed by atoms with E-state index in [-0.39, 0.29) is 10.7 Å². The predicted octanol–water partition coefficient (Wildman–Crippen LogP) is 1.47. The lowest BCUT2D eigenvalue weighted by atomic mass is 9.87. The highest BCUT2D eigenvalue weighted by Crippen LogP contribution is 2.45. The number of nitrogens with one attached hydrogen (secondary N) is 1. The van der Waals surface area contributed by atoms with E-state index in [9.17, 15) is 9.59 Å². The molecule has 1 heterocycles. The van der Waals surface area contributed by atoms with E-state index < -0.39 is 11.6 Å². The number of hydrogen-bond acceptors (Lipinski definition) is 3. The van der Waals surface area contributed by atoms with Crippen LogP contribution in [0.3, 0.4) is 0 Å². The maximum absolute atomic E-state index is 12.7. The summed E-state index contributed by atoms with van der Waals surface area (Å²) < 4.78 is 0.273. The first-order chi connectivity index (χ1) is 9.55. The molecule has 2 saturated carbocycles. The van der Waals surface area contributed by atoms with Gasteiger partial charge in [-0.3, -0.25) is 4.79 Å². The summed E-state index contributed by atoms with van der Waals surface area (Å²) in [6, 6.07) is -0.588. The molecule has 20 heavy (non-hydrogen) atoms. The van der Waals surface area contributed by atoms with Crippen LogP contribution in [0, 0.1) is 0 Å². The Morgan fingerprint density at radius 3 is 2.40 bits per heavy atom. The number of carbonyl (C=O) groups excluding carboxylic acids is 2. The van der Waals surface area contributed by atoms with Crippen molar-refractivity contribution in [2.45, 2.75) is 55.2 Å². The second-order valence-electron chi connectivity index (χ2n) is 6.39. The first-order valence-electron chi connectivity index (χ1n) is 7.56. The molecule has 3 rings (SSSR count). The first-order valence-corrected chi connectivity index (χ1v) is 8.55. The summed E-state index contributed by atoms with van der Waals surface area (Å²) in [7, 11) is 0. The molecule has 0 aromatic heterocycles. The topological polar surface area (TPSA) is 75.4 Å². The van der Waals surface area contributed by atoms with Gasteiger partial charge in [-0.1, -0.05) is 19.3 Å². The number of rotatable bonds is 2. The molecule has 0 radical (unpaired) electrons. The summed E-state index contributed by atoms with van der Waals surface area (Å²) in [5, 5.41) is 2.66. The quantitative estimate of drug-likeness (QED) is 0.810. The highest BCUT2D eigenvalue weighted by atomic mass is 32.2. The third-order valence-corrected chi connectivity index (χ3v) is 6.36. The number of nitrogens with two attached hydrogens (primary N) is 1. The highest BCUT2D eigenvalue weighted by molar-refractivity contribution is 8.00. The molecule has 3 aliphatic rings. The molecule has 1 saturated heterocycles. The van der Waals surface area contributed by atoms with Gasteiger partial charge in [0.05, 0.1) is 0 Å². The Balaban J connectivity index is 1.67. The monoisotopic (exact) mass is 297 g/mol. The van der Waals surface area contributed by atoms with Gasteiger partial charge in [0.2, 0.25) is 5.91 Å². The molecule has 0 aromatic carbocycles. The molecule has 1 aliphatic heterocycles. The van der Waals surface area contributed by atoms with Crippen molar-refractivity contribution in [1.29, 1.82) is 0 Å². The van der Waals surface area contributed by atoms with Crippen molar-refractivity contribution in [2.75, 3.05) is 18.8 Å². The van der Waals surface area contributed by atoms with Gasteiger partial charge in [-0.05, 0) is 25.7 Å². The number of thioether (sulfide) groups is 1. The van der Waals surface area contributed by atoms with E-state index in [4.69, 9.17) is 5.73 Å². The van der Waals surface area contributed by atoms with Crippen molar-refractivity contribution in [3.05, 3.63) is 0 Å². The predicted molar refractivity (Wildman–Crippen MR) is 79.5 cm³/mol. The molecule has 112 valence electrons. The third kappa shape index (κ3) is 2.62. The molecule has 3 amide bonds. The molecule has 0 aromatic rings. The fourth-order valence-corrected chi connectivity index (χ4v) is 5.14. The van der Waals surface area contributed by atoms with E-state index in [1.165, 1.54) is 32.1 Å². The molecular formula is C14H23N3O2S. The Morgan fingerprint density at radius 1 is 1.10 bits per heavy atom. The summed E-state index contributed by atoms with van der Waals surface area (Å²) in [6.45, 7) is 1.64. The van der Waals surface area contributed by atoms with Crippen LogP contribution in [-0.2, 0) is 4.79 Å². The average molecular weight is 297 g/mol. The Bertz CT molecular complexity index is 411. The standard InChI is InChI=1S/C14H23N3O2S/c15-12(19)16-14(6-7-14)11(18)17-8-9-20-13(10-17)4-2-1-3-5-13/h1-10H2,(H3,15,16,19). The molecule has 3 N–H and O–H groups in total. The molecule has 0 unspecified atom stereocenters. The molecule has 2 aliphatic carbocycles. The molecule has 5 nitrogen and oxygen atoms in total. The fraction of sp³-hybridized carbons (Fsp3) is 0.857. The van der Waals surface area contributed by atoms with Crippen molar-refractivity contribution in [3.63, 3.8) is 0 Å². The zero-order valence-electron chi connectivity index (χ0n) is 11.8. The second-order valence-corrected chi connectivity index (χ2v) is 7.95. The van der Waals surface area contributed by atoms with E-state index in [0.717, 1.165) is 31.7 Å². The number of primary amides is 1.